The molecule has 1 heterocycles. The second kappa shape index (κ2) is 6.12. The van der Waals surface area contributed by atoms with Crippen LogP contribution in [0.3, 0.4) is 0 Å². The van der Waals surface area contributed by atoms with Crippen LogP contribution in [0.15, 0.2) is 36.4 Å². The Labute approximate surface area is 103 Å². The summed E-state index contributed by atoms with van der Waals surface area (Å²) in [6.07, 6.45) is 3.89. The molecule has 1 aromatic heterocycles. The molecule has 0 saturated carbocycles. The predicted octanol–water partition coefficient (Wildman–Crippen LogP) is 2.12. The molecule has 0 aliphatic carbocycles. The van der Waals surface area contributed by atoms with E-state index in [9.17, 15) is 0 Å². The highest BCUT2D eigenvalue weighted by Gasteiger charge is 2.01. The fraction of sp³-hybridized carbons (Fsp3) is 0.167. The van der Waals surface area contributed by atoms with Gasteiger partial charge in [-0.3, -0.25) is 0 Å². The Morgan fingerprint density at radius 2 is 2.06 bits per heavy atom. The third-order valence-electron chi connectivity index (χ3n) is 2.00. The molecule has 88 valence electrons. The standard InChI is InChI=1S/C12H12N2O2S/c15-9-11-13-14-12(17-11)16-8-4-7-10-5-2-1-3-6-10/h1-7,15H,8-9H2/b7-4+. The second-order valence-corrected chi connectivity index (χ2v) is 4.27. The van der Waals surface area contributed by atoms with Crippen molar-refractivity contribution in [3.8, 4) is 5.19 Å². The number of hydrogen-bond donors (Lipinski definition) is 1. The molecule has 2 aromatic rings. The molecular formula is C12H12N2O2S. The Balaban J connectivity index is 1.81. The maximum absolute atomic E-state index is 8.81. The van der Waals surface area contributed by atoms with Crippen LogP contribution in [-0.4, -0.2) is 21.9 Å². The largest absolute Gasteiger partial charge is 0.465 e. The first-order chi connectivity index (χ1) is 8.38. The molecule has 0 atom stereocenters. The van der Waals surface area contributed by atoms with Crippen molar-refractivity contribution in [2.75, 3.05) is 6.61 Å². The van der Waals surface area contributed by atoms with Crippen LogP contribution in [0.1, 0.15) is 10.6 Å². The number of nitrogens with zero attached hydrogens (tertiary/aromatic N) is 2. The lowest BCUT2D eigenvalue weighted by molar-refractivity contribution is 0.280. The minimum absolute atomic E-state index is 0.0963. The SMILES string of the molecule is OCc1nnc(OC/C=C/c2ccccc2)s1. The molecule has 4 nitrogen and oxygen atoms in total. The molecule has 1 N–H and O–H groups in total. The average Bonchev–Trinajstić information content (AvgIpc) is 2.84. The monoisotopic (exact) mass is 248 g/mol. The predicted molar refractivity (Wildman–Crippen MR) is 66.8 cm³/mol. The summed E-state index contributed by atoms with van der Waals surface area (Å²) in [7, 11) is 0. The van der Waals surface area contributed by atoms with Crippen LogP contribution < -0.4 is 4.74 Å². The highest BCUT2D eigenvalue weighted by molar-refractivity contribution is 7.13. The van der Waals surface area contributed by atoms with Gasteiger partial charge < -0.3 is 9.84 Å². The molecule has 17 heavy (non-hydrogen) atoms. The molecule has 0 bridgehead atoms. The number of rotatable bonds is 5. The van der Waals surface area contributed by atoms with Gasteiger partial charge in [0.25, 0.3) is 5.19 Å². The molecular weight excluding hydrogens is 236 g/mol. The third kappa shape index (κ3) is 3.65. The number of aromatic nitrogens is 2. The van der Waals surface area contributed by atoms with Gasteiger partial charge in [0.1, 0.15) is 11.6 Å². The Bertz CT molecular complexity index is 482. The van der Waals surface area contributed by atoms with Gasteiger partial charge in [-0.1, -0.05) is 52.8 Å². The highest BCUT2D eigenvalue weighted by Crippen LogP contribution is 2.17. The van der Waals surface area contributed by atoms with E-state index in [1.165, 1.54) is 11.3 Å². The summed E-state index contributed by atoms with van der Waals surface area (Å²) in [5, 5.41) is 17.4. The summed E-state index contributed by atoms with van der Waals surface area (Å²) < 4.78 is 5.36. The lowest BCUT2D eigenvalue weighted by Gasteiger charge is -1.95. The molecule has 0 amide bonds. The van der Waals surface area contributed by atoms with Crippen molar-refractivity contribution in [2.45, 2.75) is 6.61 Å². The summed E-state index contributed by atoms with van der Waals surface area (Å²) in [6.45, 7) is 0.343. The van der Waals surface area contributed by atoms with Crippen LogP contribution in [-0.2, 0) is 6.61 Å². The van der Waals surface area contributed by atoms with Gasteiger partial charge in [0.2, 0.25) is 0 Å². The van der Waals surface area contributed by atoms with Gasteiger partial charge >= 0.3 is 0 Å². The van der Waals surface area contributed by atoms with E-state index in [0.29, 0.717) is 16.8 Å². The second-order valence-electron chi connectivity index (χ2n) is 3.24. The zero-order valence-corrected chi connectivity index (χ0v) is 9.93. The number of benzene rings is 1. The first kappa shape index (κ1) is 11.8. The number of aliphatic hydroxyl groups is 1. The summed E-state index contributed by atoms with van der Waals surface area (Å²) in [4.78, 5) is 0. The van der Waals surface area contributed by atoms with E-state index >= 15 is 0 Å². The smallest absolute Gasteiger partial charge is 0.294 e. The van der Waals surface area contributed by atoms with E-state index < -0.39 is 0 Å². The fourth-order valence-corrected chi connectivity index (χ4v) is 1.78. The molecule has 1 aromatic carbocycles. The van der Waals surface area contributed by atoms with Crippen molar-refractivity contribution in [3.63, 3.8) is 0 Å². The van der Waals surface area contributed by atoms with Gasteiger partial charge in [-0.05, 0) is 11.6 Å². The molecule has 0 fully saturated rings. The first-order valence-electron chi connectivity index (χ1n) is 5.16. The molecule has 5 heteroatoms. The van der Waals surface area contributed by atoms with Gasteiger partial charge in [-0.15, -0.1) is 5.10 Å². The summed E-state index contributed by atoms with van der Waals surface area (Å²) in [5.41, 5.74) is 1.13. The maximum atomic E-state index is 8.81. The lowest BCUT2D eigenvalue weighted by Crippen LogP contribution is -1.92. The normalized spacial score (nSPS) is 10.9. The third-order valence-corrected chi connectivity index (χ3v) is 2.82. The van der Waals surface area contributed by atoms with E-state index in [1.54, 1.807) is 0 Å². The Hall–Kier alpha value is -1.72. The molecule has 0 aliphatic heterocycles. The van der Waals surface area contributed by atoms with Crippen LogP contribution in [0, 0.1) is 0 Å². The lowest BCUT2D eigenvalue weighted by atomic mass is 10.2. The van der Waals surface area contributed by atoms with Crippen molar-refractivity contribution < 1.29 is 9.84 Å². The van der Waals surface area contributed by atoms with E-state index in [0.717, 1.165) is 5.56 Å². The van der Waals surface area contributed by atoms with Gasteiger partial charge in [0.05, 0.1) is 6.61 Å². The summed E-state index contributed by atoms with van der Waals surface area (Å²) >= 11 is 1.25. The zero-order chi connectivity index (χ0) is 11.9. The summed E-state index contributed by atoms with van der Waals surface area (Å²) in [6, 6.07) is 9.99. The van der Waals surface area contributed by atoms with Crippen LogP contribution >= 0.6 is 11.3 Å². The van der Waals surface area contributed by atoms with Crippen LogP contribution in [0.5, 0.6) is 5.19 Å². The van der Waals surface area contributed by atoms with Gasteiger partial charge in [0.15, 0.2) is 0 Å². The molecule has 2 rings (SSSR count). The highest BCUT2D eigenvalue weighted by atomic mass is 32.1. The number of aliphatic hydroxyl groups excluding tert-OH is 1. The first-order valence-corrected chi connectivity index (χ1v) is 5.98. The van der Waals surface area contributed by atoms with Crippen LogP contribution in [0.4, 0.5) is 0 Å². The van der Waals surface area contributed by atoms with Gasteiger partial charge in [-0.25, -0.2) is 0 Å². The van der Waals surface area contributed by atoms with Crippen molar-refractivity contribution >= 4 is 17.4 Å². The molecule has 0 aliphatic rings. The van der Waals surface area contributed by atoms with E-state index in [1.807, 2.05) is 42.5 Å². The topological polar surface area (TPSA) is 55.2 Å². The minimum atomic E-state index is -0.0963. The van der Waals surface area contributed by atoms with Crippen molar-refractivity contribution in [1.29, 1.82) is 0 Å². The Morgan fingerprint density at radius 1 is 1.24 bits per heavy atom. The van der Waals surface area contributed by atoms with Crippen molar-refractivity contribution in [2.24, 2.45) is 0 Å². The maximum Gasteiger partial charge on any atom is 0.294 e. The van der Waals surface area contributed by atoms with Crippen LogP contribution in [0.2, 0.25) is 0 Å². The Morgan fingerprint density at radius 3 is 2.76 bits per heavy atom. The van der Waals surface area contributed by atoms with Crippen molar-refractivity contribution in [3.05, 3.63) is 47.0 Å². The minimum Gasteiger partial charge on any atom is -0.465 e. The number of hydrogen-bond acceptors (Lipinski definition) is 5. The average molecular weight is 248 g/mol. The van der Waals surface area contributed by atoms with E-state index in [4.69, 9.17) is 9.84 Å². The number of ether oxygens (including phenoxy) is 1. The summed E-state index contributed by atoms with van der Waals surface area (Å²) in [5.74, 6) is 0. The zero-order valence-electron chi connectivity index (χ0n) is 9.11. The molecule has 0 radical (unpaired) electrons. The van der Waals surface area contributed by atoms with E-state index in [2.05, 4.69) is 10.2 Å². The molecule has 0 spiro atoms. The molecule has 0 saturated heterocycles. The van der Waals surface area contributed by atoms with E-state index in [-0.39, 0.29) is 6.61 Å². The quantitative estimate of drug-likeness (QED) is 0.880. The van der Waals surface area contributed by atoms with Crippen molar-refractivity contribution in [1.82, 2.24) is 10.2 Å². The Kier molecular flexibility index (Phi) is 4.23. The van der Waals surface area contributed by atoms with Gasteiger partial charge in [-0.2, -0.15) is 0 Å². The molecule has 0 unspecified atom stereocenters. The fourth-order valence-electron chi connectivity index (χ4n) is 1.23. The van der Waals surface area contributed by atoms with Crippen LogP contribution in [0.25, 0.3) is 6.08 Å². The van der Waals surface area contributed by atoms with Gasteiger partial charge in [0, 0.05) is 0 Å².